The lowest BCUT2D eigenvalue weighted by molar-refractivity contribution is 0.363. The molecule has 0 aliphatic carbocycles. The van der Waals surface area contributed by atoms with E-state index < -0.39 is 0 Å². The Kier molecular flexibility index (Phi) is 6.18. The zero-order valence-corrected chi connectivity index (χ0v) is 13.9. The molecule has 1 rings (SSSR count). The number of ether oxygens (including phenoxy) is 1. The van der Waals surface area contributed by atoms with Gasteiger partial charge in [0.05, 0.1) is 14.1 Å². The topological polar surface area (TPSA) is 21.3 Å². The summed E-state index contributed by atoms with van der Waals surface area (Å²) in [6.07, 6.45) is 1.85. The van der Waals surface area contributed by atoms with Crippen LogP contribution in [0.1, 0.15) is 0 Å². The highest BCUT2D eigenvalue weighted by Gasteiger charge is 2.06. The molecule has 0 atom stereocenters. The van der Waals surface area contributed by atoms with E-state index >= 15 is 0 Å². The highest BCUT2D eigenvalue weighted by Crippen LogP contribution is 2.34. The molecule has 0 spiro atoms. The molecule has 0 radical (unpaired) electrons. The molecular formula is C10H9Br3ClNO. The molecule has 88 valence electrons. The summed E-state index contributed by atoms with van der Waals surface area (Å²) in [5, 5.41) is 3.62. The highest BCUT2D eigenvalue weighted by molar-refractivity contribution is 9.28. The summed E-state index contributed by atoms with van der Waals surface area (Å²) in [6, 6.07) is 3.64. The molecule has 0 amide bonds. The Morgan fingerprint density at radius 3 is 2.69 bits per heavy atom. The third-order valence-corrected chi connectivity index (χ3v) is 3.32. The van der Waals surface area contributed by atoms with E-state index in [1.165, 1.54) is 0 Å². The predicted octanol–water partition coefficient (Wildman–Crippen LogP) is 5.15. The summed E-state index contributed by atoms with van der Waals surface area (Å²) in [6.45, 7) is 0.466. The van der Waals surface area contributed by atoms with E-state index in [-0.39, 0.29) is 0 Å². The van der Waals surface area contributed by atoms with Crippen molar-refractivity contribution in [3.8, 4) is 5.75 Å². The van der Waals surface area contributed by atoms with Crippen LogP contribution in [0.4, 0.5) is 5.69 Å². The Labute approximate surface area is 125 Å². The van der Waals surface area contributed by atoms with Gasteiger partial charge in [-0.3, -0.25) is 0 Å². The molecule has 6 heteroatoms. The molecule has 1 aromatic carbocycles. The van der Waals surface area contributed by atoms with Gasteiger partial charge in [-0.1, -0.05) is 11.6 Å². The molecule has 1 N–H and O–H groups in total. The van der Waals surface area contributed by atoms with Crippen LogP contribution in [0.25, 0.3) is 0 Å². The molecule has 0 heterocycles. The second-order valence-corrected chi connectivity index (χ2v) is 6.85. The Morgan fingerprint density at radius 2 is 2.19 bits per heavy atom. The number of benzene rings is 1. The molecule has 16 heavy (non-hydrogen) atoms. The Morgan fingerprint density at radius 1 is 1.50 bits per heavy atom. The summed E-state index contributed by atoms with van der Waals surface area (Å²) in [5.74, 6) is 0.716. The van der Waals surface area contributed by atoms with E-state index in [0.717, 1.165) is 13.6 Å². The van der Waals surface area contributed by atoms with Gasteiger partial charge in [-0.15, -0.1) is 0 Å². The maximum atomic E-state index is 6.07. The van der Waals surface area contributed by atoms with Crippen molar-refractivity contribution in [1.29, 1.82) is 0 Å². The third kappa shape index (κ3) is 4.28. The predicted molar refractivity (Wildman–Crippen MR) is 80.1 cm³/mol. The van der Waals surface area contributed by atoms with Crippen LogP contribution in [-0.2, 0) is 0 Å². The van der Waals surface area contributed by atoms with Crippen molar-refractivity contribution in [3.63, 3.8) is 0 Å². The van der Waals surface area contributed by atoms with Crippen molar-refractivity contribution >= 4 is 65.1 Å². The molecule has 0 aromatic heterocycles. The molecule has 0 saturated carbocycles. The third-order valence-electron chi connectivity index (χ3n) is 1.75. The van der Waals surface area contributed by atoms with Crippen molar-refractivity contribution < 1.29 is 4.74 Å². The minimum absolute atomic E-state index is 0.466. The minimum atomic E-state index is 0.466. The van der Waals surface area contributed by atoms with Gasteiger partial charge in [0.15, 0.2) is 0 Å². The Bertz CT molecular complexity index is 382. The molecule has 0 aliphatic heterocycles. The summed E-state index contributed by atoms with van der Waals surface area (Å²) in [4.78, 5) is 0. The van der Waals surface area contributed by atoms with Crippen molar-refractivity contribution in [2.24, 2.45) is 0 Å². The Hall–Kier alpha value is 0.290. The lowest BCUT2D eigenvalue weighted by Gasteiger charge is -2.10. The zero-order chi connectivity index (χ0) is 12.1. The number of anilines is 1. The van der Waals surface area contributed by atoms with Gasteiger partial charge in [-0.25, -0.2) is 0 Å². The molecule has 0 unspecified atom stereocenters. The summed E-state index contributed by atoms with van der Waals surface area (Å²) in [7, 11) is 1.82. The lowest BCUT2D eigenvalue weighted by atomic mass is 10.3. The average Bonchev–Trinajstić information content (AvgIpc) is 2.16. The van der Waals surface area contributed by atoms with E-state index in [1.54, 1.807) is 6.07 Å². The largest absolute Gasteiger partial charge is 0.489 e. The first-order valence-corrected chi connectivity index (χ1v) is 7.11. The van der Waals surface area contributed by atoms with Crippen LogP contribution in [0.2, 0.25) is 5.02 Å². The first kappa shape index (κ1) is 14.4. The number of hydrogen-bond acceptors (Lipinski definition) is 2. The summed E-state index contributed by atoms with van der Waals surface area (Å²) in [5.41, 5.74) is 0.853. The molecule has 0 saturated heterocycles. The van der Waals surface area contributed by atoms with Crippen LogP contribution in [0, 0.1) is 0 Å². The van der Waals surface area contributed by atoms with E-state index in [2.05, 4.69) is 53.1 Å². The van der Waals surface area contributed by atoms with Crippen LogP contribution < -0.4 is 10.1 Å². The SMILES string of the molecule is CNc1c(Cl)cc(OCC=C(Br)Br)cc1Br. The van der Waals surface area contributed by atoms with Gasteiger partial charge in [0.25, 0.3) is 0 Å². The molecule has 0 aliphatic rings. The van der Waals surface area contributed by atoms with Crippen LogP contribution in [-0.4, -0.2) is 13.7 Å². The second-order valence-electron chi connectivity index (χ2n) is 2.82. The van der Waals surface area contributed by atoms with E-state index in [1.807, 2.05) is 19.2 Å². The fraction of sp³-hybridized carbons (Fsp3) is 0.200. The average molecular weight is 434 g/mol. The van der Waals surface area contributed by atoms with Gasteiger partial charge in [-0.2, -0.15) is 0 Å². The molecule has 1 aromatic rings. The number of rotatable bonds is 4. The molecule has 2 nitrogen and oxygen atoms in total. The zero-order valence-electron chi connectivity index (χ0n) is 8.36. The van der Waals surface area contributed by atoms with E-state index in [9.17, 15) is 0 Å². The van der Waals surface area contributed by atoms with E-state index in [0.29, 0.717) is 17.4 Å². The van der Waals surface area contributed by atoms with Crippen molar-refractivity contribution in [2.45, 2.75) is 0 Å². The maximum absolute atomic E-state index is 6.07. The minimum Gasteiger partial charge on any atom is -0.489 e. The number of nitrogens with one attached hydrogen (secondary N) is 1. The van der Waals surface area contributed by atoms with Crippen molar-refractivity contribution in [3.05, 3.63) is 31.1 Å². The lowest BCUT2D eigenvalue weighted by Crippen LogP contribution is -1.96. The van der Waals surface area contributed by atoms with Gasteiger partial charge in [0.2, 0.25) is 0 Å². The quantitative estimate of drug-likeness (QED) is 0.708. The number of hydrogen-bond donors (Lipinski definition) is 1. The molecule has 0 bridgehead atoms. The summed E-state index contributed by atoms with van der Waals surface area (Å²) >= 11 is 16.0. The van der Waals surface area contributed by atoms with Gasteiger partial charge in [-0.05, 0) is 59.9 Å². The van der Waals surface area contributed by atoms with Crippen molar-refractivity contribution in [1.82, 2.24) is 0 Å². The van der Waals surface area contributed by atoms with Crippen LogP contribution in [0.15, 0.2) is 26.1 Å². The normalized spacial score (nSPS) is 9.81. The van der Waals surface area contributed by atoms with Crippen LogP contribution in [0.3, 0.4) is 0 Å². The van der Waals surface area contributed by atoms with E-state index in [4.69, 9.17) is 16.3 Å². The highest BCUT2D eigenvalue weighted by atomic mass is 79.9. The maximum Gasteiger partial charge on any atom is 0.122 e. The fourth-order valence-electron chi connectivity index (χ4n) is 1.07. The van der Waals surface area contributed by atoms with Gasteiger partial charge in [0.1, 0.15) is 12.4 Å². The fourth-order valence-corrected chi connectivity index (χ4v) is 2.39. The molecular weight excluding hydrogens is 425 g/mol. The number of halogens is 4. The van der Waals surface area contributed by atoms with Crippen LogP contribution >= 0.6 is 59.4 Å². The summed E-state index contributed by atoms with van der Waals surface area (Å²) < 4.78 is 7.23. The monoisotopic (exact) mass is 431 g/mol. The Balaban J connectivity index is 2.80. The molecule has 0 fully saturated rings. The van der Waals surface area contributed by atoms with Gasteiger partial charge in [0, 0.05) is 17.6 Å². The first-order chi connectivity index (χ1) is 7.54. The first-order valence-electron chi connectivity index (χ1n) is 4.35. The smallest absolute Gasteiger partial charge is 0.122 e. The standard InChI is InChI=1S/C10H9Br3ClNO/c1-15-10-7(11)4-6(5-8(10)14)16-3-2-9(12)13/h2,4-5,15H,3H2,1H3. The van der Waals surface area contributed by atoms with Crippen LogP contribution in [0.5, 0.6) is 5.75 Å². The second kappa shape index (κ2) is 6.89. The van der Waals surface area contributed by atoms with Crippen molar-refractivity contribution in [2.75, 3.05) is 19.0 Å². The van der Waals surface area contributed by atoms with Gasteiger partial charge < -0.3 is 10.1 Å². The van der Waals surface area contributed by atoms with Gasteiger partial charge >= 0.3 is 0 Å².